The summed E-state index contributed by atoms with van der Waals surface area (Å²) in [4.78, 5) is 4.65. The Morgan fingerprint density at radius 3 is 2.50 bits per heavy atom. The average molecular weight is 365 g/mol. The Morgan fingerprint density at radius 2 is 1.77 bits per heavy atom. The SMILES string of the molecule is O[C@H](COc1cccc(CN2CCC(F)CC2)c1)CN1CCCCCC1. The zero-order valence-electron chi connectivity index (χ0n) is 15.8. The van der Waals surface area contributed by atoms with Gasteiger partial charge in [0.05, 0.1) is 0 Å². The summed E-state index contributed by atoms with van der Waals surface area (Å²) in [6.07, 6.45) is 5.26. The van der Waals surface area contributed by atoms with Crippen molar-refractivity contribution in [1.29, 1.82) is 0 Å². The van der Waals surface area contributed by atoms with E-state index in [1.807, 2.05) is 18.2 Å². The molecular formula is C21H33FN2O2. The molecule has 2 saturated heterocycles. The number of alkyl halides is 1. The van der Waals surface area contributed by atoms with Gasteiger partial charge in [0.2, 0.25) is 0 Å². The third-order valence-corrected chi connectivity index (χ3v) is 5.43. The first-order chi connectivity index (χ1) is 12.7. The molecule has 1 atom stereocenters. The first-order valence-corrected chi connectivity index (χ1v) is 10.2. The molecule has 1 aromatic carbocycles. The standard InChI is InChI=1S/C21H33FN2O2/c22-19-8-12-24(13-9-19)15-18-6-5-7-21(14-18)26-17-20(25)16-23-10-3-1-2-4-11-23/h5-7,14,19-20,25H,1-4,8-13,15-17H2/t20-/m0/s1. The molecule has 5 heteroatoms. The van der Waals surface area contributed by atoms with Crippen molar-refractivity contribution in [1.82, 2.24) is 9.80 Å². The highest BCUT2D eigenvalue weighted by Crippen LogP contribution is 2.19. The quantitative estimate of drug-likeness (QED) is 0.806. The Bertz CT molecular complexity index is 526. The van der Waals surface area contributed by atoms with Crippen LogP contribution in [0.25, 0.3) is 0 Å². The van der Waals surface area contributed by atoms with Crippen LogP contribution >= 0.6 is 0 Å². The maximum atomic E-state index is 13.3. The molecular weight excluding hydrogens is 331 g/mol. The first kappa shape index (κ1) is 19.6. The highest BCUT2D eigenvalue weighted by molar-refractivity contribution is 5.28. The second-order valence-electron chi connectivity index (χ2n) is 7.78. The molecule has 0 spiro atoms. The lowest BCUT2D eigenvalue weighted by molar-refractivity contribution is 0.0693. The normalized spacial score (nSPS) is 22.1. The molecule has 0 aromatic heterocycles. The summed E-state index contributed by atoms with van der Waals surface area (Å²) in [5, 5.41) is 10.3. The zero-order chi connectivity index (χ0) is 18.2. The predicted molar refractivity (Wildman–Crippen MR) is 102 cm³/mol. The van der Waals surface area contributed by atoms with E-state index in [9.17, 15) is 9.50 Å². The Balaban J connectivity index is 1.42. The molecule has 2 aliphatic rings. The van der Waals surface area contributed by atoms with E-state index in [0.29, 0.717) is 26.0 Å². The van der Waals surface area contributed by atoms with Gasteiger partial charge in [-0.15, -0.1) is 0 Å². The van der Waals surface area contributed by atoms with Crippen LogP contribution in [0.5, 0.6) is 5.75 Å². The minimum atomic E-state index is -0.633. The Hall–Kier alpha value is -1.17. The second kappa shape index (κ2) is 10.2. The summed E-state index contributed by atoms with van der Waals surface area (Å²) in [7, 11) is 0. The van der Waals surface area contributed by atoms with Crippen LogP contribution in [0, 0.1) is 0 Å². The Labute approximate surface area is 156 Å². The lowest BCUT2D eigenvalue weighted by Crippen LogP contribution is -2.36. The number of nitrogens with zero attached hydrogens (tertiary/aromatic N) is 2. The van der Waals surface area contributed by atoms with Crippen LogP contribution in [-0.4, -0.2) is 66.5 Å². The third kappa shape index (κ3) is 6.53. The smallest absolute Gasteiger partial charge is 0.119 e. The van der Waals surface area contributed by atoms with Crippen LogP contribution < -0.4 is 4.74 Å². The number of ether oxygens (including phenoxy) is 1. The van der Waals surface area contributed by atoms with Crippen LogP contribution in [0.4, 0.5) is 4.39 Å². The van der Waals surface area contributed by atoms with E-state index in [4.69, 9.17) is 4.74 Å². The van der Waals surface area contributed by atoms with Crippen molar-refractivity contribution in [3.8, 4) is 5.75 Å². The maximum absolute atomic E-state index is 13.3. The average Bonchev–Trinajstić information content (AvgIpc) is 2.91. The van der Waals surface area contributed by atoms with Gasteiger partial charge >= 0.3 is 0 Å². The molecule has 2 heterocycles. The molecule has 1 aromatic rings. The van der Waals surface area contributed by atoms with Gasteiger partial charge in [0, 0.05) is 26.2 Å². The fourth-order valence-electron chi connectivity index (χ4n) is 3.91. The maximum Gasteiger partial charge on any atom is 0.119 e. The largest absolute Gasteiger partial charge is 0.491 e. The van der Waals surface area contributed by atoms with Gasteiger partial charge < -0.3 is 14.7 Å². The molecule has 0 saturated carbocycles. The van der Waals surface area contributed by atoms with Gasteiger partial charge in [-0.3, -0.25) is 4.90 Å². The molecule has 0 bridgehead atoms. The Morgan fingerprint density at radius 1 is 1.04 bits per heavy atom. The van der Waals surface area contributed by atoms with Crippen LogP contribution in [0.1, 0.15) is 44.1 Å². The number of β-amino-alcohol motifs (C(OH)–C–C–N with tert-alkyl or cyclic N) is 1. The molecule has 0 amide bonds. The van der Waals surface area contributed by atoms with Crippen LogP contribution in [0.3, 0.4) is 0 Å². The van der Waals surface area contributed by atoms with Crippen molar-refractivity contribution in [2.45, 2.75) is 57.3 Å². The lowest BCUT2D eigenvalue weighted by Gasteiger charge is -2.28. The molecule has 146 valence electrons. The van der Waals surface area contributed by atoms with Crippen LogP contribution in [0.15, 0.2) is 24.3 Å². The first-order valence-electron chi connectivity index (χ1n) is 10.2. The number of rotatable bonds is 7. The zero-order valence-corrected chi connectivity index (χ0v) is 15.8. The Kier molecular flexibility index (Phi) is 7.71. The van der Waals surface area contributed by atoms with Crippen molar-refractivity contribution in [2.24, 2.45) is 0 Å². The van der Waals surface area contributed by atoms with Crippen molar-refractivity contribution in [3.05, 3.63) is 29.8 Å². The molecule has 2 aliphatic heterocycles. The van der Waals surface area contributed by atoms with Gasteiger partial charge in [-0.05, 0) is 56.5 Å². The summed E-state index contributed by atoms with van der Waals surface area (Å²) in [5.41, 5.74) is 1.18. The number of hydrogen-bond acceptors (Lipinski definition) is 4. The molecule has 4 nitrogen and oxygen atoms in total. The van der Waals surface area contributed by atoms with Gasteiger partial charge in [-0.1, -0.05) is 25.0 Å². The third-order valence-electron chi connectivity index (χ3n) is 5.43. The number of aliphatic hydroxyl groups excluding tert-OH is 1. The molecule has 0 unspecified atom stereocenters. The molecule has 26 heavy (non-hydrogen) atoms. The number of piperidine rings is 1. The van der Waals surface area contributed by atoms with E-state index < -0.39 is 12.3 Å². The predicted octanol–water partition coefficient (Wildman–Crippen LogP) is 3.24. The molecule has 0 radical (unpaired) electrons. The number of benzene rings is 1. The van der Waals surface area contributed by atoms with Crippen molar-refractivity contribution in [2.75, 3.05) is 39.3 Å². The summed E-state index contributed by atoms with van der Waals surface area (Å²) < 4.78 is 19.1. The number of halogens is 1. The van der Waals surface area contributed by atoms with E-state index in [1.54, 1.807) is 0 Å². The van der Waals surface area contributed by atoms with E-state index in [-0.39, 0.29) is 0 Å². The number of aliphatic hydroxyl groups is 1. The van der Waals surface area contributed by atoms with Gasteiger partial charge in [-0.25, -0.2) is 4.39 Å². The van der Waals surface area contributed by atoms with E-state index >= 15 is 0 Å². The molecule has 0 aliphatic carbocycles. The fourth-order valence-corrected chi connectivity index (χ4v) is 3.91. The highest BCUT2D eigenvalue weighted by atomic mass is 19.1. The molecule has 2 fully saturated rings. The van der Waals surface area contributed by atoms with Crippen LogP contribution in [-0.2, 0) is 6.54 Å². The number of hydrogen-bond donors (Lipinski definition) is 1. The van der Waals surface area contributed by atoms with E-state index in [0.717, 1.165) is 38.5 Å². The summed E-state index contributed by atoms with van der Waals surface area (Å²) in [5.74, 6) is 0.804. The van der Waals surface area contributed by atoms with Gasteiger partial charge in [-0.2, -0.15) is 0 Å². The van der Waals surface area contributed by atoms with Gasteiger partial charge in [0.25, 0.3) is 0 Å². The van der Waals surface area contributed by atoms with E-state index in [1.165, 1.54) is 31.2 Å². The topological polar surface area (TPSA) is 35.9 Å². The highest BCUT2D eigenvalue weighted by Gasteiger charge is 2.18. The van der Waals surface area contributed by atoms with Crippen LogP contribution in [0.2, 0.25) is 0 Å². The van der Waals surface area contributed by atoms with Crippen molar-refractivity contribution in [3.63, 3.8) is 0 Å². The summed E-state index contributed by atoms with van der Waals surface area (Å²) in [6.45, 7) is 5.66. The molecule has 1 N–H and O–H groups in total. The minimum absolute atomic E-state index is 0.327. The molecule has 3 rings (SSSR count). The second-order valence-corrected chi connectivity index (χ2v) is 7.78. The number of likely N-dealkylation sites (tertiary alicyclic amines) is 2. The lowest BCUT2D eigenvalue weighted by atomic mass is 10.1. The van der Waals surface area contributed by atoms with Crippen molar-refractivity contribution >= 4 is 0 Å². The van der Waals surface area contributed by atoms with E-state index in [2.05, 4.69) is 15.9 Å². The van der Waals surface area contributed by atoms with Gasteiger partial charge in [0.15, 0.2) is 0 Å². The summed E-state index contributed by atoms with van der Waals surface area (Å²) >= 11 is 0. The van der Waals surface area contributed by atoms with Crippen molar-refractivity contribution < 1.29 is 14.2 Å². The van der Waals surface area contributed by atoms with Gasteiger partial charge in [0.1, 0.15) is 24.6 Å². The summed E-state index contributed by atoms with van der Waals surface area (Å²) in [6, 6.07) is 8.06. The minimum Gasteiger partial charge on any atom is -0.491 e. The monoisotopic (exact) mass is 364 g/mol. The fraction of sp³-hybridized carbons (Fsp3) is 0.714.